The first kappa shape index (κ1) is 19.9. The summed E-state index contributed by atoms with van der Waals surface area (Å²) in [5.74, 6) is 0.903. The zero-order valence-electron chi connectivity index (χ0n) is 17.1. The highest BCUT2D eigenvalue weighted by Gasteiger charge is 2.26. The van der Waals surface area contributed by atoms with Crippen LogP contribution in [-0.4, -0.2) is 41.2 Å². The molecular weight excluding hydrogens is 376 g/mol. The van der Waals surface area contributed by atoms with E-state index in [1.165, 1.54) is 0 Å². The Morgan fingerprint density at radius 1 is 1.23 bits per heavy atom. The molecule has 1 aliphatic heterocycles. The van der Waals surface area contributed by atoms with Crippen LogP contribution in [0, 0.1) is 11.3 Å². The summed E-state index contributed by atoms with van der Waals surface area (Å²) in [6, 6.07) is 15.0. The predicted octanol–water partition coefficient (Wildman–Crippen LogP) is 4.14. The Morgan fingerprint density at radius 2 is 2.07 bits per heavy atom. The first-order valence-corrected chi connectivity index (χ1v) is 10.2. The van der Waals surface area contributed by atoms with Gasteiger partial charge in [0.15, 0.2) is 0 Å². The lowest BCUT2D eigenvalue weighted by molar-refractivity contribution is 0.0635. The molecule has 6 nitrogen and oxygen atoms in total. The van der Waals surface area contributed by atoms with Crippen LogP contribution < -0.4 is 10.5 Å². The van der Waals surface area contributed by atoms with E-state index in [1.807, 2.05) is 41.3 Å². The standard InChI is InChI=1S/C24H26N4O2/c1-16(25)23-20(26)8-4-10-22(23)30-15-17-6-5-13-28(14-17)24(29)19-11-12-27-21-9-3-2-7-18(19)21/h2-4,7-12,17,25H,5-6,13-15,26H2,1H3. The van der Waals surface area contributed by atoms with Gasteiger partial charge in [0.1, 0.15) is 5.75 Å². The van der Waals surface area contributed by atoms with Gasteiger partial charge in [0.05, 0.1) is 23.3 Å². The number of benzene rings is 2. The molecule has 0 radical (unpaired) electrons. The summed E-state index contributed by atoms with van der Waals surface area (Å²) in [4.78, 5) is 19.5. The number of carbonyl (C=O) groups is 1. The number of nitrogen functional groups attached to an aromatic ring is 1. The summed E-state index contributed by atoms with van der Waals surface area (Å²) >= 11 is 0. The molecule has 2 heterocycles. The molecule has 4 rings (SSSR count). The van der Waals surface area contributed by atoms with Gasteiger partial charge in [-0.3, -0.25) is 9.78 Å². The maximum absolute atomic E-state index is 13.2. The second kappa shape index (κ2) is 8.53. The molecule has 154 valence electrons. The third kappa shape index (κ3) is 3.99. The number of rotatable bonds is 5. The van der Waals surface area contributed by atoms with Crippen molar-refractivity contribution in [2.75, 3.05) is 25.4 Å². The fourth-order valence-electron chi connectivity index (χ4n) is 4.12. The summed E-state index contributed by atoms with van der Waals surface area (Å²) in [6.45, 7) is 3.59. The summed E-state index contributed by atoms with van der Waals surface area (Å²) in [7, 11) is 0. The zero-order valence-corrected chi connectivity index (χ0v) is 17.1. The minimum Gasteiger partial charge on any atom is -0.492 e. The molecule has 1 saturated heterocycles. The van der Waals surface area contributed by atoms with E-state index in [-0.39, 0.29) is 11.8 Å². The Morgan fingerprint density at radius 3 is 2.90 bits per heavy atom. The molecule has 3 aromatic rings. The van der Waals surface area contributed by atoms with E-state index in [1.54, 1.807) is 25.3 Å². The van der Waals surface area contributed by atoms with Crippen LogP contribution in [-0.2, 0) is 0 Å². The van der Waals surface area contributed by atoms with E-state index < -0.39 is 0 Å². The molecule has 6 heteroatoms. The SMILES string of the molecule is CC(=N)c1c(N)cccc1OCC1CCCN(C(=O)c2ccnc3ccccc23)C1. The number of carbonyl (C=O) groups excluding carboxylic acids is 1. The van der Waals surface area contributed by atoms with Crippen molar-refractivity contribution in [3.05, 3.63) is 65.9 Å². The van der Waals surface area contributed by atoms with Crippen molar-refractivity contribution in [1.82, 2.24) is 9.88 Å². The van der Waals surface area contributed by atoms with Crippen molar-refractivity contribution >= 4 is 28.2 Å². The number of hydrogen-bond donors (Lipinski definition) is 2. The molecule has 1 fully saturated rings. The van der Waals surface area contributed by atoms with E-state index in [9.17, 15) is 4.79 Å². The minimum atomic E-state index is 0.0401. The molecule has 30 heavy (non-hydrogen) atoms. The van der Waals surface area contributed by atoms with Crippen molar-refractivity contribution in [2.24, 2.45) is 5.92 Å². The number of nitrogens with zero attached hydrogens (tertiary/aromatic N) is 2. The first-order valence-electron chi connectivity index (χ1n) is 10.2. The van der Waals surface area contributed by atoms with Crippen molar-refractivity contribution in [3.63, 3.8) is 0 Å². The number of hydrogen-bond acceptors (Lipinski definition) is 5. The second-order valence-corrected chi connectivity index (χ2v) is 7.79. The number of fused-ring (bicyclic) bond motifs is 1. The zero-order chi connectivity index (χ0) is 21.1. The Bertz CT molecular complexity index is 1090. The van der Waals surface area contributed by atoms with Crippen molar-refractivity contribution in [2.45, 2.75) is 19.8 Å². The van der Waals surface area contributed by atoms with Gasteiger partial charge in [0.25, 0.3) is 5.91 Å². The normalized spacial score (nSPS) is 16.4. The fourth-order valence-corrected chi connectivity index (χ4v) is 4.12. The highest BCUT2D eigenvalue weighted by atomic mass is 16.5. The van der Waals surface area contributed by atoms with Crippen LogP contribution in [0.15, 0.2) is 54.7 Å². The number of nitrogens with two attached hydrogens (primary N) is 1. The van der Waals surface area contributed by atoms with Gasteiger partial charge in [0, 0.05) is 42.0 Å². The molecule has 0 aliphatic carbocycles. The Kier molecular flexibility index (Phi) is 5.65. The smallest absolute Gasteiger partial charge is 0.254 e. The monoisotopic (exact) mass is 402 g/mol. The van der Waals surface area contributed by atoms with Gasteiger partial charge in [-0.15, -0.1) is 0 Å². The largest absolute Gasteiger partial charge is 0.492 e. The number of nitrogens with one attached hydrogen (secondary N) is 1. The Balaban J connectivity index is 1.47. The van der Waals surface area contributed by atoms with Crippen LogP contribution in [0.25, 0.3) is 10.9 Å². The predicted molar refractivity (Wildman–Crippen MR) is 119 cm³/mol. The van der Waals surface area contributed by atoms with Gasteiger partial charge >= 0.3 is 0 Å². The molecule has 0 spiro atoms. The Hall–Kier alpha value is -3.41. The van der Waals surface area contributed by atoms with Crippen LogP contribution in [0.1, 0.15) is 35.7 Å². The molecular formula is C24H26N4O2. The lowest BCUT2D eigenvalue weighted by Gasteiger charge is -2.33. The maximum atomic E-state index is 13.2. The van der Waals surface area contributed by atoms with Crippen molar-refractivity contribution in [3.8, 4) is 5.75 Å². The average molecular weight is 402 g/mol. The van der Waals surface area contributed by atoms with Crippen LogP contribution in [0.2, 0.25) is 0 Å². The second-order valence-electron chi connectivity index (χ2n) is 7.79. The van der Waals surface area contributed by atoms with Crippen molar-refractivity contribution < 1.29 is 9.53 Å². The van der Waals surface area contributed by atoms with Crippen LogP contribution in [0.3, 0.4) is 0 Å². The van der Waals surface area contributed by atoms with E-state index in [2.05, 4.69) is 4.98 Å². The highest BCUT2D eigenvalue weighted by molar-refractivity contribution is 6.06. The number of pyridine rings is 1. The number of aromatic nitrogens is 1. The van der Waals surface area contributed by atoms with E-state index in [0.717, 1.165) is 30.3 Å². The molecule has 1 atom stereocenters. The highest BCUT2D eigenvalue weighted by Crippen LogP contribution is 2.27. The number of anilines is 1. The molecule has 3 N–H and O–H groups in total. The van der Waals surface area contributed by atoms with Crippen molar-refractivity contribution in [1.29, 1.82) is 5.41 Å². The maximum Gasteiger partial charge on any atom is 0.254 e. The topological polar surface area (TPSA) is 92.3 Å². The number of likely N-dealkylation sites (tertiary alicyclic amines) is 1. The summed E-state index contributed by atoms with van der Waals surface area (Å²) in [5.41, 5.74) is 9.12. The number of ether oxygens (including phenoxy) is 1. The summed E-state index contributed by atoms with van der Waals surface area (Å²) < 4.78 is 6.05. The quantitative estimate of drug-likeness (QED) is 0.496. The fraction of sp³-hybridized carbons (Fsp3) is 0.292. The van der Waals surface area contributed by atoms with E-state index in [0.29, 0.717) is 41.4 Å². The van der Waals surface area contributed by atoms with Gasteiger partial charge in [-0.2, -0.15) is 0 Å². The number of piperidine rings is 1. The van der Waals surface area contributed by atoms with Gasteiger partial charge in [-0.05, 0) is 44.0 Å². The lowest BCUT2D eigenvalue weighted by Crippen LogP contribution is -2.41. The van der Waals surface area contributed by atoms with Gasteiger partial charge < -0.3 is 20.8 Å². The molecule has 1 unspecified atom stereocenters. The summed E-state index contributed by atoms with van der Waals surface area (Å²) in [5, 5.41) is 8.85. The molecule has 0 bridgehead atoms. The van der Waals surface area contributed by atoms with Crippen LogP contribution >= 0.6 is 0 Å². The third-order valence-corrected chi connectivity index (χ3v) is 5.59. The van der Waals surface area contributed by atoms with Crippen LogP contribution in [0.4, 0.5) is 5.69 Å². The number of para-hydroxylation sites is 1. The lowest BCUT2D eigenvalue weighted by atomic mass is 9.97. The molecule has 1 amide bonds. The molecule has 0 saturated carbocycles. The first-order chi connectivity index (χ1) is 14.5. The van der Waals surface area contributed by atoms with E-state index in [4.69, 9.17) is 15.9 Å². The molecule has 2 aromatic carbocycles. The van der Waals surface area contributed by atoms with E-state index >= 15 is 0 Å². The minimum absolute atomic E-state index is 0.0401. The number of amides is 1. The Labute approximate surface area is 176 Å². The van der Waals surface area contributed by atoms with Gasteiger partial charge in [-0.1, -0.05) is 24.3 Å². The van der Waals surface area contributed by atoms with Gasteiger partial charge in [0.2, 0.25) is 0 Å². The third-order valence-electron chi connectivity index (χ3n) is 5.59. The average Bonchev–Trinajstić information content (AvgIpc) is 2.76. The molecule has 1 aromatic heterocycles. The van der Waals surface area contributed by atoms with Crippen LogP contribution in [0.5, 0.6) is 5.75 Å². The van der Waals surface area contributed by atoms with Gasteiger partial charge in [-0.25, -0.2) is 0 Å². The molecule has 1 aliphatic rings. The summed E-state index contributed by atoms with van der Waals surface area (Å²) in [6.07, 6.45) is 3.64.